The molecule has 1 N–H and O–H groups in total. The molecular weight excluding hydrogens is 352 g/mol. The number of anilines is 1. The molecule has 3 rings (SSSR count). The number of hydrogen-bond donors (Lipinski definition) is 1. The van der Waals surface area contributed by atoms with E-state index in [1.807, 2.05) is 63.2 Å². The van der Waals surface area contributed by atoms with Crippen LogP contribution in [0.25, 0.3) is 0 Å². The number of benzene rings is 2. The summed E-state index contributed by atoms with van der Waals surface area (Å²) >= 11 is 0. The van der Waals surface area contributed by atoms with Crippen LogP contribution in [0, 0.1) is 0 Å². The second-order valence-electron chi connectivity index (χ2n) is 8.14. The number of ether oxygens (including phenoxy) is 1. The van der Waals surface area contributed by atoms with Gasteiger partial charge in [0.15, 0.2) is 0 Å². The van der Waals surface area contributed by atoms with Gasteiger partial charge in [0.1, 0.15) is 11.6 Å². The normalized spacial score (nSPS) is 16.7. The van der Waals surface area contributed by atoms with Crippen LogP contribution in [-0.4, -0.2) is 35.1 Å². The number of nitrogens with one attached hydrogen (secondary N) is 1. The molecule has 0 saturated carbocycles. The molecule has 2 amide bonds. The van der Waals surface area contributed by atoms with Gasteiger partial charge in [-0.1, -0.05) is 48.5 Å². The Bertz CT molecular complexity index is 827. The minimum Gasteiger partial charge on any atom is -0.444 e. The lowest BCUT2D eigenvalue weighted by atomic mass is 10.0. The molecule has 5 heteroatoms. The van der Waals surface area contributed by atoms with Gasteiger partial charge in [0.2, 0.25) is 5.91 Å². The third-order valence-electron chi connectivity index (χ3n) is 4.70. The predicted molar refractivity (Wildman–Crippen MR) is 110 cm³/mol. The van der Waals surface area contributed by atoms with Gasteiger partial charge >= 0.3 is 6.09 Å². The van der Waals surface area contributed by atoms with Crippen molar-refractivity contribution >= 4 is 17.7 Å². The third kappa shape index (κ3) is 5.12. The van der Waals surface area contributed by atoms with Crippen molar-refractivity contribution < 1.29 is 14.3 Å². The second kappa shape index (κ2) is 8.46. The molecule has 0 aliphatic carbocycles. The number of carbonyl (C=O) groups is 2. The Morgan fingerprint density at radius 1 is 1.07 bits per heavy atom. The monoisotopic (exact) mass is 380 g/mol. The van der Waals surface area contributed by atoms with Crippen molar-refractivity contribution in [2.24, 2.45) is 0 Å². The van der Waals surface area contributed by atoms with E-state index < -0.39 is 17.7 Å². The van der Waals surface area contributed by atoms with Crippen LogP contribution in [0.1, 0.15) is 44.7 Å². The Hall–Kier alpha value is -2.82. The lowest BCUT2D eigenvalue weighted by Gasteiger charge is -2.28. The van der Waals surface area contributed by atoms with Crippen LogP contribution in [0.15, 0.2) is 54.6 Å². The average Bonchev–Trinajstić information content (AvgIpc) is 3.13. The number of hydrogen-bond acceptors (Lipinski definition) is 3. The Morgan fingerprint density at radius 3 is 2.46 bits per heavy atom. The second-order valence-corrected chi connectivity index (χ2v) is 8.14. The topological polar surface area (TPSA) is 58.6 Å². The van der Waals surface area contributed by atoms with Crippen LogP contribution in [0.4, 0.5) is 10.5 Å². The van der Waals surface area contributed by atoms with Crippen LogP contribution in [0.2, 0.25) is 0 Å². The summed E-state index contributed by atoms with van der Waals surface area (Å²) in [5.41, 5.74) is 2.43. The van der Waals surface area contributed by atoms with Crippen molar-refractivity contribution in [3.63, 3.8) is 0 Å². The molecule has 1 heterocycles. The van der Waals surface area contributed by atoms with E-state index in [4.69, 9.17) is 4.74 Å². The molecule has 1 saturated heterocycles. The van der Waals surface area contributed by atoms with Gasteiger partial charge in [0, 0.05) is 12.2 Å². The van der Waals surface area contributed by atoms with Gasteiger partial charge in [-0.25, -0.2) is 4.79 Å². The first-order valence-corrected chi connectivity index (χ1v) is 9.76. The zero-order valence-electron chi connectivity index (χ0n) is 16.8. The van der Waals surface area contributed by atoms with Crippen molar-refractivity contribution in [2.75, 3.05) is 11.9 Å². The van der Waals surface area contributed by atoms with Crippen molar-refractivity contribution in [1.82, 2.24) is 4.90 Å². The smallest absolute Gasteiger partial charge is 0.410 e. The van der Waals surface area contributed by atoms with Gasteiger partial charge in [-0.05, 0) is 57.2 Å². The zero-order chi connectivity index (χ0) is 20.1. The van der Waals surface area contributed by atoms with Crippen LogP contribution in [0.3, 0.4) is 0 Å². The summed E-state index contributed by atoms with van der Waals surface area (Å²) < 4.78 is 5.46. The maximum absolute atomic E-state index is 12.9. The summed E-state index contributed by atoms with van der Waals surface area (Å²) in [6, 6.07) is 17.4. The van der Waals surface area contributed by atoms with E-state index in [0.717, 1.165) is 24.1 Å². The fourth-order valence-electron chi connectivity index (χ4n) is 3.41. The largest absolute Gasteiger partial charge is 0.444 e. The molecule has 1 atom stereocenters. The third-order valence-corrected chi connectivity index (χ3v) is 4.70. The highest BCUT2D eigenvalue weighted by Gasteiger charge is 2.36. The first-order valence-electron chi connectivity index (χ1n) is 9.76. The van der Waals surface area contributed by atoms with E-state index >= 15 is 0 Å². The van der Waals surface area contributed by atoms with Crippen molar-refractivity contribution in [2.45, 2.75) is 51.7 Å². The van der Waals surface area contributed by atoms with E-state index in [0.29, 0.717) is 13.0 Å². The first kappa shape index (κ1) is 19.9. The molecule has 28 heavy (non-hydrogen) atoms. The van der Waals surface area contributed by atoms with Crippen LogP contribution >= 0.6 is 0 Å². The molecule has 2 aromatic carbocycles. The van der Waals surface area contributed by atoms with Crippen molar-refractivity contribution in [1.29, 1.82) is 0 Å². The summed E-state index contributed by atoms with van der Waals surface area (Å²) in [7, 11) is 0. The lowest BCUT2D eigenvalue weighted by molar-refractivity contribution is -0.120. The van der Waals surface area contributed by atoms with E-state index in [-0.39, 0.29) is 5.91 Å². The molecule has 0 spiro atoms. The average molecular weight is 380 g/mol. The lowest BCUT2D eigenvalue weighted by Crippen LogP contribution is -2.45. The molecule has 1 aliphatic heterocycles. The van der Waals surface area contributed by atoms with Gasteiger partial charge in [-0.3, -0.25) is 9.69 Å². The predicted octanol–water partition coefficient (Wildman–Crippen LogP) is 4.62. The first-order chi connectivity index (χ1) is 13.3. The molecule has 1 fully saturated rings. The molecule has 1 unspecified atom stereocenters. The van der Waals surface area contributed by atoms with E-state index in [9.17, 15) is 9.59 Å². The molecule has 0 bridgehead atoms. The highest BCUT2D eigenvalue weighted by atomic mass is 16.6. The summed E-state index contributed by atoms with van der Waals surface area (Å²) in [6.45, 7) is 6.03. The number of nitrogens with zero attached hydrogens (tertiary/aromatic N) is 1. The van der Waals surface area contributed by atoms with Crippen molar-refractivity contribution in [3.05, 3.63) is 65.7 Å². The summed E-state index contributed by atoms with van der Waals surface area (Å²) in [5, 5.41) is 3.03. The summed E-state index contributed by atoms with van der Waals surface area (Å²) in [6.07, 6.45) is 1.75. The minimum absolute atomic E-state index is 0.163. The molecule has 1 aliphatic rings. The Kier molecular flexibility index (Phi) is 6.02. The Morgan fingerprint density at radius 2 is 1.75 bits per heavy atom. The van der Waals surface area contributed by atoms with E-state index in [1.165, 1.54) is 5.56 Å². The van der Waals surface area contributed by atoms with Gasteiger partial charge in [0.05, 0.1) is 0 Å². The van der Waals surface area contributed by atoms with Crippen molar-refractivity contribution in [3.8, 4) is 0 Å². The minimum atomic E-state index is -0.580. The summed E-state index contributed by atoms with van der Waals surface area (Å²) in [5.74, 6) is -0.163. The highest BCUT2D eigenvalue weighted by Crippen LogP contribution is 2.24. The fourth-order valence-corrected chi connectivity index (χ4v) is 3.41. The SMILES string of the molecule is CC(C)(C)OC(=O)N1CCCC1C(=O)Nc1ccccc1Cc1ccccc1. The fraction of sp³-hybridized carbons (Fsp3) is 0.391. The zero-order valence-corrected chi connectivity index (χ0v) is 16.8. The van der Waals surface area contributed by atoms with Gasteiger partial charge < -0.3 is 10.1 Å². The highest BCUT2D eigenvalue weighted by molar-refractivity contribution is 5.97. The number of carbonyl (C=O) groups excluding carboxylic acids is 2. The number of para-hydroxylation sites is 1. The van der Waals surface area contributed by atoms with Crippen LogP contribution < -0.4 is 5.32 Å². The number of amides is 2. The summed E-state index contributed by atoms with van der Waals surface area (Å²) in [4.78, 5) is 26.9. The van der Waals surface area contributed by atoms with Gasteiger partial charge in [0.25, 0.3) is 0 Å². The molecule has 0 radical (unpaired) electrons. The number of likely N-dealkylation sites (tertiary alicyclic amines) is 1. The molecular formula is C23H28N2O3. The maximum atomic E-state index is 12.9. The quantitative estimate of drug-likeness (QED) is 0.842. The molecule has 2 aromatic rings. The Labute approximate surface area is 166 Å². The van der Waals surface area contributed by atoms with E-state index in [2.05, 4.69) is 17.4 Å². The Balaban J connectivity index is 1.71. The van der Waals surface area contributed by atoms with Gasteiger partial charge in [-0.2, -0.15) is 0 Å². The standard InChI is InChI=1S/C23H28N2O3/c1-23(2,3)28-22(27)25-15-9-14-20(25)21(26)24-19-13-8-7-12-18(19)16-17-10-5-4-6-11-17/h4-8,10-13,20H,9,14-16H2,1-3H3,(H,24,26). The number of rotatable bonds is 4. The van der Waals surface area contributed by atoms with Gasteiger partial charge in [-0.15, -0.1) is 0 Å². The molecule has 0 aromatic heterocycles. The van der Waals surface area contributed by atoms with Crippen LogP contribution in [0.5, 0.6) is 0 Å². The van der Waals surface area contributed by atoms with Crippen LogP contribution in [-0.2, 0) is 16.0 Å². The molecule has 148 valence electrons. The maximum Gasteiger partial charge on any atom is 0.410 e. The van der Waals surface area contributed by atoms with E-state index in [1.54, 1.807) is 4.90 Å². The molecule has 5 nitrogen and oxygen atoms in total.